The highest BCUT2D eigenvalue weighted by Crippen LogP contribution is 2.22. The minimum Gasteiger partial charge on any atom is -0.478 e. The van der Waals surface area contributed by atoms with E-state index in [0.717, 1.165) is 11.1 Å². The number of carbonyl (C=O) groups excluding carboxylic acids is 1. The highest BCUT2D eigenvalue weighted by Gasteiger charge is 2.29. The third kappa shape index (κ3) is 3.77. The second kappa shape index (κ2) is 6.24. The van der Waals surface area contributed by atoms with Gasteiger partial charge in [-0.05, 0) is 45.4 Å². The first-order valence-electron chi connectivity index (χ1n) is 7.35. The van der Waals surface area contributed by atoms with E-state index in [1.54, 1.807) is 24.3 Å². The molecule has 0 spiro atoms. The van der Waals surface area contributed by atoms with Gasteiger partial charge in [-0.2, -0.15) is 0 Å². The first kappa shape index (κ1) is 16.7. The standard InChI is InChI=1S/C19H20O4/c1-12-8-9-16(13(2)10-12)17(20)14-6-5-7-15(11-14)23-19(3,4)18(21)22/h5-11H,1-4H3,(H,21,22). The lowest BCUT2D eigenvalue weighted by atomic mass is 9.97. The van der Waals surface area contributed by atoms with Crippen LogP contribution in [0.15, 0.2) is 42.5 Å². The van der Waals surface area contributed by atoms with Crippen LogP contribution in [0.1, 0.15) is 40.9 Å². The molecule has 0 heterocycles. The number of hydrogen-bond donors (Lipinski definition) is 1. The van der Waals surface area contributed by atoms with Crippen LogP contribution in [0.25, 0.3) is 0 Å². The van der Waals surface area contributed by atoms with Gasteiger partial charge in [-0.15, -0.1) is 0 Å². The summed E-state index contributed by atoms with van der Waals surface area (Å²) < 4.78 is 5.49. The molecule has 0 bridgehead atoms. The van der Waals surface area contributed by atoms with Crippen molar-refractivity contribution in [1.82, 2.24) is 0 Å². The van der Waals surface area contributed by atoms with Crippen molar-refractivity contribution < 1.29 is 19.4 Å². The zero-order valence-electron chi connectivity index (χ0n) is 13.7. The molecule has 0 aliphatic carbocycles. The highest BCUT2D eigenvalue weighted by molar-refractivity contribution is 6.10. The van der Waals surface area contributed by atoms with Crippen molar-refractivity contribution in [2.75, 3.05) is 0 Å². The lowest BCUT2D eigenvalue weighted by Gasteiger charge is -2.21. The quantitative estimate of drug-likeness (QED) is 0.853. The zero-order chi connectivity index (χ0) is 17.2. The Morgan fingerprint density at radius 1 is 1.04 bits per heavy atom. The van der Waals surface area contributed by atoms with Gasteiger partial charge in [0.2, 0.25) is 0 Å². The van der Waals surface area contributed by atoms with E-state index >= 15 is 0 Å². The van der Waals surface area contributed by atoms with E-state index in [-0.39, 0.29) is 5.78 Å². The summed E-state index contributed by atoms with van der Waals surface area (Å²) in [7, 11) is 0. The number of ether oxygens (including phenoxy) is 1. The molecule has 120 valence electrons. The SMILES string of the molecule is Cc1ccc(C(=O)c2cccc(OC(C)(C)C(=O)O)c2)c(C)c1. The Balaban J connectivity index is 2.32. The number of carbonyl (C=O) groups is 2. The Labute approximate surface area is 135 Å². The molecule has 4 heteroatoms. The molecule has 0 saturated heterocycles. The van der Waals surface area contributed by atoms with Crippen LogP contribution in [0.5, 0.6) is 5.75 Å². The van der Waals surface area contributed by atoms with Crippen LogP contribution >= 0.6 is 0 Å². The van der Waals surface area contributed by atoms with Gasteiger partial charge in [-0.1, -0.05) is 35.9 Å². The van der Waals surface area contributed by atoms with E-state index in [1.165, 1.54) is 13.8 Å². The Kier molecular flexibility index (Phi) is 4.55. The second-order valence-electron chi connectivity index (χ2n) is 6.09. The third-order valence-corrected chi connectivity index (χ3v) is 3.61. The fourth-order valence-electron chi connectivity index (χ4n) is 2.26. The van der Waals surface area contributed by atoms with Crippen molar-refractivity contribution >= 4 is 11.8 Å². The number of ketones is 1. The lowest BCUT2D eigenvalue weighted by molar-refractivity contribution is -0.152. The minimum atomic E-state index is -1.36. The van der Waals surface area contributed by atoms with Gasteiger partial charge in [-0.25, -0.2) is 4.79 Å². The van der Waals surface area contributed by atoms with E-state index < -0.39 is 11.6 Å². The van der Waals surface area contributed by atoms with Crippen LogP contribution in [0.2, 0.25) is 0 Å². The third-order valence-electron chi connectivity index (χ3n) is 3.61. The van der Waals surface area contributed by atoms with Crippen molar-refractivity contribution in [3.8, 4) is 5.75 Å². The van der Waals surface area contributed by atoms with E-state index in [2.05, 4.69) is 0 Å². The molecule has 4 nitrogen and oxygen atoms in total. The van der Waals surface area contributed by atoms with Crippen molar-refractivity contribution in [2.24, 2.45) is 0 Å². The molecule has 0 saturated carbocycles. The number of benzene rings is 2. The van der Waals surface area contributed by atoms with Crippen molar-refractivity contribution in [3.05, 3.63) is 64.7 Å². The molecule has 0 aromatic heterocycles. The number of aryl methyl sites for hydroxylation is 2. The van der Waals surface area contributed by atoms with E-state index in [9.17, 15) is 9.59 Å². The monoisotopic (exact) mass is 312 g/mol. The molecule has 2 aromatic rings. The number of carboxylic acid groups (broad SMARTS) is 1. The smallest absolute Gasteiger partial charge is 0.347 e. The molecule has 2 aromatic carbocycles. The summed E-state index contributed by atoms with van der Waals surface area (Å²) in [5.74, 6) is -0.822. The predicted molar refractivity (Wildman–Crippen MR) is 88.1 cm³/mol. The van der Waals surface area contributed by atoms with Gasteiger partial charge in [0.25, 0.3) is 0 Å². The Hall–Kier alpha value is -2.62. The van der Waals surface area contributed by atoms with Crippen LogP contribution in [-0.4, -0.2) is 22.5 Å². The summed E-state index contributed by atoms with van der Waals surface area (Å²) >= 11 is 0. The molecule has 0 aliphatic rings. The Morgan fingerprint density at radius 2 is 1.74 bits per heavy atom. The summed E-state index contributed by atoms with van der Waals surface area (Å²) in [5.41, 5.74) is 1.74. The number of hydrogen-bond acceptors (Lipinski definition) is 3. The topological polar surface area (TPSA) is 63.6 Å². The molecule has 0 unspecified atom stereocenters. The molecule has 0 amide bonds. The summed E-state index contributed by atoms with van der Waals surface area (Å²) in [6.07, 6.45) is 0. The maximum Gasteiger partial charge on any atom is 0.347 e. The molecular weight excluding hydrogens is 292 g/mol. The highest BCUT2D eigenvalue weighted by atomic mass is 16.5. The van der Waals surface area contributed by atoms with Crippen LogP contribution in [-0.2, 0) is 4.79 Å². The number of rotatable bonds is 5. The first-order chi connectivity index (χ1) is 10.7. The summed E-state index contributed by atoms with van der Waals surface area (Å²) in [6, 6.07) is 12.3. The van der Waals surface area contributed by atoms with Crippen molar-refractivity contribution in [2.45, 2.75) is 33.3 Å². The van der Waals surface area contributed by atoms with Gasteiger partial charge < -0.3 is 9.84 Å². The lowest BCUT2D eigenvalue weighted by Crippen LogP contribution is -2.37. The maximum absolute atomic E-state index is 12.7. The van der Waals surface area contributed by atoms with Crippen LogP contribution < -0.4 is 4.74 Å². The van der Waals surface area contributed by atoms with Crippen LogP contribution in [0.4, 0.5) is 0 Å². The molecule has 0 atom stereocenters. The van der Waals surface area contributed by atoms with E-state index in [0.29, 0.717) is 16.9 Å². The normalized spacial score (nSPS) is 11.1. The molecule has 0 aliphatic heterocycles. The second-order valence-corrected chi connectivity index (χ2v) is 6.09. The average molecular weight is 312 g/mol. The van der Waals surface area contributed by atoms with Gasteiger partial charge in [0.05, 0.1) is 0 Å². The summed E-state index contributed by atoms with van der Waals surface area (Å²) in [5, 5.41) is 9.13. The largest absolute Gasteiger partial charge is 0.478 e. The van der Waals surface area contributed by atoms with Crippen LogP contribution in [0, 0.1) is 13.8 Å². The van der Waals surface area contributed by atoms with E-state index in [1.807, 2.05) is 32.0 Å². The fraction of sp³-hybridized carbons (Fsp3) is 0.263. The first-order valence-corrected chi connectivity index (χ1v) is 7.35. The average Bonchev–Trinajstić information content (AvgIpc) is 2.46. The van der Waals surface area contributed by atoms with Gasteiger partial charge >= 0.3 is 5.97 Å². The maximum atomic E-state index is 12.7. The van der Waals surface area contributed by atoms with Crippen molar-refractivity contribution in [1.29, 1.82) is 0 Å². The predicted octanol–water partition coefficient (Wildman–Crippen LogP) is 3.78. The Bertz CT molecular complexity index is 760. The molecular formula is C19H20O4. The van der Waals surface area contributed by atoms with Gasteiger partial charge in [-0.3, -0.25) is 4.79 Å². The van der Waals surface area contributed by atoms with E-state index in [4.69, 9.17) is 9.84 Å². The zero-order valence-corrected chi connectivity index (χ0v) is 13.7. The molecule has 2 rings (SSSR count). The van der Waals surface area contributed by atoms with Crippen molar-refractivity contribution in [3.63, 3.8) is 0 Å². The number of aliphatic carboxylic acids is 1. The molecule has 23 heavy (non-hydrogen) atoms. The molecule has 0 radical (unpaired) electrons. The number of carboxylic acids is 1. The minimum absolute atomic E-state index is 0.110. The van der Waals surface area contributed by atoms with Gasteiger partial charge in [0, 0.05) is 11.1 Å². The molecule has 0 fully saturated rings. The fourth-order valence-corrected chi connectivity index (χ4v) is 2.26. The summed E-state index contributed by atoms with van der Waals surface area (Å²) in [4.78, 5) is 23.8. The molecule has 1 N–H and O–H groups in total. The summed E-state index contributed by atoms with van der Waals surface area (Å²) in [6.45, 7) is 6.81. The Morgan fingerprint density at radius 3 is 2.35 bits per heavy atom. The van der Waals surface area contributed by atoms with Gasteiger partial charge in [0.1, 0.15) is 5.75 Å². The van der Waals surface area contributed by atoms with Gasteiger partial charge in [0.15, 0.2) is 11.4 Å². The van der Waals surface area contributed by atoms with Crippen LogP contribution in [0.3, 0.4) is 0 Å².